The average Bonchev–Trinajstić information content (AvgIpc) is 2.55. The molecule has 1 heterocycles. The molecule has 1 fully saturated rings. The van der Waals surface area contributed by atoms with Crippen LogP contribution in [-0.4, -0.2) is 57.9 Å². The van der Waals surface area contributed by atoms with E-state index in [0.29, 0.717) is 39.0 Å². The molecule has 1 aromatic rings. The second-order valence-corrected chi connectivity index (χ2v) is 8.86. The maximum Gasteiger partial charge on any atom is 0.321 e. The zero-order valence-corrected chi connectivity index (χ0v) is 16.8. The molecule has 1 aromatic carbocycles. The Balaban J connectivity index is 2.00. The fourth-order valence-corrected chi connectivity index (χ4v) is 4.35. The summed E-state index contributed by atoms with van der Waals surface area (Å²) in [5, 5.41) is 2.92. The van der Waals surface area contributed by atoms with Crippen molar-refractivity contribution in [1.29, 1.82) is 0 Å². The van der Waals surface area contributed by atoms with E-state index in [1.54, 1.807) is 12.0 Å². The highest BCUT2D eigenvalue weighted by Crippen LogP contribution is 2.27. The first-order chi connectivity index (χ1) is 12.1. The molecular formula is C18H29N3O4S. The summed E-state index contributed by atoms with van der Waals surface area (Å²) in [6, 6.07) is 5.66. The Bertz CT molecular complexity index is 741. The zero-order chi connectivity index (χ0) is 19.4. The molecule has 0 bridgehead atoms. The number of methoxy groups -OCH3 is 1. The maximum absolute atomic E-state index is 12.5. The smallest absolute Gasteiger partial charge is 0.321 e. The zero-order valence-electron chi connectivity index (χ0n) is 16.0. The number of sulfonamides is 1. The minimum absolute atomic E-state index is 0.159. The number of hydrogen-bond acceptors (Lipinski definition) is 4. The van der Waals surface area contributed by atoms with Crippen molar-refractivity contribution in [2.75, 3.05) is 38.4 Å². The highest BCUT2D eigenvalue weighted by Gasteiger charge is 2.37. The van der Waals surface area contributed by atoms with E-state index in [1.807, 2.05) is 32.0 Å². The number of nitrogens with one attached hydrogen (secondary N) is 2. The van der Waals surface area contributed by atoms with E-state index in [2.05, 4.69) is 10.0 Å². The van der Waals surface area contributed by atoms with Crippen LogP contribution in [0.5, 0.6) is 0 Å². The Morgan fingerprint density at radius 3 is 2.42 bits per heavy atom. The lowest BCUT2D eigenvalue weighted by Gasteiger charge is -2.41. The number of likely N-dealkylation sites (tertiary alicyclic amines) is 1. The quantitative estimate of drug-likeness (QED) is 0.789. The molecule has 0 radical (unpaired) electrons. The Hall–Kier alpha value is -1.64. The van der Waals surface area contributed by atoms with Gasteiger partial charge < -0.3 is 15.0 Å². The third kappa shape index (κ3) is 5.69. The molecule has 2 amide bonds. The number of carbonyl (C=O) groups excluding carboxylic acids is 1. The molecule has 0 unspecified atom stereocenters. The molecule has 2 N–H and O–H groups in total. The van der Waals surface area contributed by atoms with Gasteiger partial charge in [0.1, 0.15) is 0 Å². The average molecular weight is 384 g/mol. The number of ether oxygens (including phenoxy) is 1. The first kappa shape index (κ1) is 20.7. The number of benzene rings is 1. The van der Waals surface area contributed by atoms with Crippen molar-refractivity contribution in [1.82, 2.24) is 9.62 Å². The van der Waals surface area contributed by atoms with Crippen LogP contribution >= 0.6 is 0 Å². The number of aryl methyl sites for hydroxylation is 2. The van der Waals surface area contributed by atoms with Crippen molar-refractivity contribution in [2.24, 2.45) is 0 Å². The number of nitrogens with zero attached hydrogens (tertiary/aromatic N) is 1. The first-order valence-corrected chi connectivity index (χ1v) is 10.6. The van der Waals surface area contributed by atoms with Crippen LogP contribution in [0.25, 0.3) is 0 Å². The van der Waals surface area contributed by atoms with Crippen molar-refractivity contribution < 1.29 is 17.9 Å². The number of urea groups is 1. The number of piperidine rings is 1. The van der Waals surface area contributed by atoms with E-state index in [1.165, 1.54) is 11.8 Å². The minimum Gasteiger partial charge on any atom is -0.385 e. The molecule has 1 aliphatic heterocycles. The van der Waals surface area contributed by atoms with E-state index in [4.69, 9.17) is 4.74 Å². The second kappa shape index (κ2) is 8.37. The summed E-state index contributed by atoms with van der Waals surface area (Å²) < 4.78 is 31.4. The van der Waals surface area contributed by atoms with Gasteiger partial charge >= 0.3 is 6.03 Å². The van der Waals surface area contributed by atoms with Gasteiger partial charge in [-0.15, -0.1) is 0 Å². The van der Waals surface area contributed by atoms with Gasteiger partial charge in [0.05, 0.1) is 6.26 Å². The number of carbonyl (C=O) groups is 1. The topological polar surface area (TPSA) is 87.7 Å². The van der Waals surface area contributed by atoms with Crippen molar-refractivity contribution >= 4 is 21.7 Å². The Kier molecular flexibility index (Phi) is 6.65. The summed E-state index contributed by atoms with van der Waals surface area (Å²) in [6.07, 6.45) is 2.87. The van der Waals surface area contributed by atoms with Gasteiger partial charge in [0.25, 0.3) is 0 Å². The fourth-order valence-electron chi connectivity index (χ4n) is 3.25. The summed E-state index contributed by atoms with van der Waals surface area (Å²) in [5.41, 5.74) is 2.51. The lowest BCUT2D eigenvalue weighted by molar-refractivity contribution is 0.119. The van der Waals surface area contributed by atoms with Crippen LogP contribution in [0.2, 0.25) is 0 Å². The van der Waals surface area contributed by atoms with Gasteiger partial charge in [-0.1, -0.05) is 6.07 Å². The summed E-state index contributed by atoms with van der Waals surface area (Å²) in [4.78, 5) is 14.3. The SMILES string of the molecule is COCCC1(NS(C)(=O)=O)CCN(C(=O)Nc2ccc(C)c(C)c2)CC1. The standard InChI is InChI=1S/C18H29N3O4S/c1-14-5-6-16(13-15(14)2)19-17(22)21-10-7-18(8-11-21,9-12-25-3)20-26(4,23)24/h5-6,13,20H,7-12H2,1-4H3,(H,19,22). The van der Waals surface area contributed by atoms with Crippen LogP contribution in [0.1, 0.15) is 30.4 Å². The molecule has 0 aromatic heterocycles. The van der Waals surface area contributed by atoms with E-state index in [9.17, 15) is 13.2 Å². The highest BCUT2D eigenvalue weighted by atomic mass is 32.2. The van der Waals surface area contributed by atoms with Crippen LogP contribution in [-0.2, 0) is 14.8 Å². The van der Waals surface area contributed by atoms with E-state index >= 15 is 0 Å². The highest BCUT2D eigenvalue weighted by molar-refractivity contribution is 7.88. The predicted octanol–water partition coefficient (Wildman–Crippen LogP) is 2.26. The number of anilines is 1. The molecule has 146 valence electrons. The summed E-state index contributed by atoms with van der Waals surface area (Å²) in [6.45, 7) is 5.48. The van der Waals surface area contributed by atoms with Crippen LogP contribution in [0, 0.1) is 13.8 Å². The van der Waals surface area contributed by atoms with E-state index in [0.717, 1.165) is 11.3 Å². The molecule has 8 heteroatoms. The molecule has 1 saturated heterocycles. The van der Waals surface area contributed by atoms with Gasteiger partial charge in [0.2, 0.25) is 10.0 Å². The molecule has 0 spiro atoms. The van der Waals surface area contributed by atoms with Crippen molar-refractivity contribution in [3.8, 4) is 0 Å². The largest absolute Gasteiger partial charge is 0.385 e. The van der Waals surface area contributed by atoms with Gasteiger partial charge in [0.15, 0.2) is 0 Å². The summed E-state index contributed by atoms with van der Waals surface area (Å²) >= 11 is 0. The van der Waals surface area contributed by atoms with Gasteiger partial charge in [-0.05, 0) is 56.4 Å². The van der Waals surface area contributed by atoms with Crippen molar-refractivity contribution in [3.05, 3.63) is 29.3 Å². The molecule has 2 rings (SSSR count). The third-order valence-corrected chi connectivity index (χ3v) is 5.76. The monoisotopic (exact) mass is 383 g/mol. The van der Waals surface area contributed by atoms with E-state index in [-0.39, 0.29) is 6.03 Å². The normalized spacial score (nSPS) is 17.2. The lowest BCUT2D eigenvalue weighted by atomic mass is 9.86. The summed E-state index contributed by atoms with van der Waals surface area (Å²) in [5.74, 6) is 0. The van der Waals surface area contributed by atoms with Crippen molar-refractivity contribution in [2.45, 2.75) is 38.6 Å². The summed E-state index contributed by atoms with van der Waals surface area (Å²) in [7, 11) is -1.73. The van der Waals surface area contributed by atoms with Crippen LogP contribution in [0.4, 0.5) is 10.5 Å². The fraction of sp³-hybridized carbons (Fsp3) is 0.611. The first-order valence-electron chi connectivity index (χ1n) is 8.75. The minimum atomic E-state index is -3.33. The van der Waals surface area contributed by atoms with Crippen LogP contribution in [0.3, 0.4) is 0 Å². The molecule has 26 heavy (non-hydrogen) atoms. The molecule has 0 saturated carbocycles. The van der Waals surface area contributed by atoms with E-state index < -0.39 is 15.6 Å². The van der Waals surface area contributed by atoms with Gasteiger partial charge in [-0.2, -0.15) is 0 Å². The third-order valence-electron chi connectivity index (χ3n) is 4.95. The van der Waals surface area contributed by atoms with Crippen LogP contribution < -0.4 is 10.0 Å². The van der Waals surface area contributed by atoms with Gasteiger partial charge in [-0.25, -0.2) is 17.9 Å². The maximum atomic E-state index is 12.5. The predicted molar refractivity (Wildman–Crippen MR) is 103 cm³/mol. The molecular weight excluding hydrogens is 354 g/mol. The number of hydrogen-bond donors (Lipinski definition) is 2. The number of amides is 2. The number of rotatable bonds is 6. The van der Waals surface area contributed by atoms with Crippen molar-refractivity contribution in [3.63, 3.8) is 0 Å². The molecule has 0 aliphatic carbocycles. The second-order valence-electron chi connectivity index (χ2n) is 7.11. The molecule has 1 aliphatic rings. The Labute approximate surface area is 156 Å². The lowest BCUT2D eigenvalue weighted by Crippen LogP contribution is -2.56. The Morgan fingerprint density at radius 1 is 1.23 bits per heavy atom. The van der Waals surface area contributed by atoms with Crippen LogP contribution in [0.15, 0.2) is 18.2 Å². The molecule has 0 atom stereocenters. The van der Waals surface area contributed by atoms with Gasteiger partial charge in [0, 0.05) is 38.0 Å². The Morgan fingerprint density at radius 2 is 1.88 bits per heavy atom. The van der Waals surface area contributed by atoms with Gasteiger partial charge in [-0.3, -0.25) is 0 Å². The molecule has 7 nitrogen and oxygen atoms in total.